The zero-order chi connectivity index (χ0) is 16.1. The van der Waals surface area contributed by atoms with Crippen LogP contribution in [0.3, 0.4) is 0 Å². The number of Topliss-reactive ketones (excluding diaryl/α,β-unsaturated/α-hetero) is 1. The number of carbonyl (C=O) groups excluding carboxylic acids is 3. The van der Waals surface area contributed by atoms with Crippen LogP contribution in [-0.2, 0) is 0 Å². The fraction of sp³-hybridized carbons (Fsp3) is 0.500. The molecule has 3 amide bonds. The number of ketones is 1. The molecule has 0 aromatic carbocycles. The molecule has 0 bridgehead atoms. The van der Waals surface area contributed by atoms with Crippen molar-refractivity contribution in [2.75, 3.05) is 0 Å². The first-order valence-corrected chi connectivity index (χ1v) is 7.58. The van der Waals surface area contributed by atoms with Crippen LogP contribution in [0.2, 0.25) is 0 Å². The molecule has 1 aromatic rings. The maximum Gasteiger partial charge on any atom is 0.321 e. The zero-order valence-electron chi connectivity index (χ0n) is 12.9. The Balaban J connectivity index is 1.96. The smallest absolute Gasteiger partial charge is 0.321 e. The highest BCUT2D eigenvalue weighted by atomic mass is 16.2. The summed E-state index contributed by atoms with van der Waals surface area (Å²) in [7, 11) is 0. The van der Waals surface area contributed by atoms with Gasteiger partial charge in [0.25, 0.3) is 5.91 Å². The van der Waals surface area contributed by atoms with Crippen molar-refractivity contribution in [3.63, 3.8) is 0 Å². The monoisotopic (exact) mass is 303 g/mol. The van der Waals surface area contributed by atoms with Gasteiger partial charge >= 0.3 is 6.03 Å². The van der Waals surface area contributed by atoms with Gasteiger partial charge in [0.05, 0.1) is 11.3 Å². The lowest BCUT2D eigenvalue weighted by molar-refractivity contribution is 0.0957. The number of carbonyl (C=O) groups is 3. The lowest BCUT2D eigenvalue weighted by Gasteiger charge is -2.22. The second-order valence-electron chi connectivity index (χ2n) is 5.65. The number of aryl methyl sites for hydroxylation is 1. The summed E-state index contributed by atoms with van der Waals surface area (Å²) in [6.07, 6.45) is 5.32. The lowest BCUT2D eigenvalue weighted by atomic mass is 9.96. The van der Waals surface area contributed by atoms with Crippen LogP contribution < -0.4 is 10.6 Å². The standard InChI is InChI=1S/C16H21N3O3/c1-10-13(8-9-14(17-10)11(2)20)15(21)19-16(22)18-12-6-4-3-5-7-12/h8-9,12H,3-7H2,1-2H3,(H2,18,19,21,22). The summed E-state index contributed by atoms with van der Waals surface area (Å²) in [6.45, 7) is 3.06. The third-order valence-corrected chi connectivity index (χ3v) is 3.86. The number of amides is 3. The van der Waals surface area contributed by atoms with Gasteiger partial charge in [-0.2, -0.15) is 0 Å². The molecule has 1 saturated carbocycles. The summed E-state index contributed by atoms with van der Waals surface area (Å²) in [6, 6.07) is 2.67. The van der Waals surface area contributed by atoms with E-state index in [2.05, 4.69) is 15.6 Å². The Morgan fingerprint density at radius 2 is 1.82 bits per heavy atom. The number of pyridine rings is 1. The highest BCUT2D eigenvalue weighted by molar-refractivity contribution is 6.05. The zero-order valence-corrected chi connectivity index (χ0v) is 12.9. The number of urea groups is 1. The highest BCUT2D eigenvalue weighted by Gasteiger charge is 2.19. The van der Waals surface area contributed by atoms with Gasteiger partial charge in [-0.05, 0) is 31.9 Å². The molecule has 0 unspecified atom stereocenters. The summed E-state index contributed by atoms with van der Waals surface area (Å²) < 4.78 is 0. The number of nitrogens with one attached hydrogen (secondary N) is 2. The fourth-order valence-corrected chi connectivity index (χ4v) is 2.64. The van der Waals surface area contributed by atoms with Crippen LogP contribution in [0, 0.1) is 6.92 Å². The number of imide groups is 1. The molecule has 22 heavy (non-hydrogen) atoms. The Morgan fingerprint density at radius 1 is 1.14 bits per heavy atom. The highest BCUT2D eigenvalue weighted by Crippen LogP contribution is 2.17. The van der Waals surface area contributed by atoms with Crippen LogP contribution in [-0.4, -0.2) is 28.7 Å². The van der Waals surface area contributed by atoms with E-state index in [1.54, 1.807) is 6.92 Å². The second kappa shape index (κ2) is 7.15. The summed E-state index contributed by atoms with van der Waals surface area (Å²) in [4.78, 5) is 39.3. The number of nitrogens with zero attached hydrogens (tertiary/aromatic N) is 1. The summed E-state index contributed by atoms with van der Waals surface area (Å²) in [5.74, 6) is -0.668. The van der Waals surface area contributed by atoms with E-state index in [9.17, 15) is 14.4 Å². The first-order chi connectivity index (χ1) is 10.5. The molecule has 0 spiro atoms. The molecular weight excluding hydrogens is 282 g/mol. The molecule has 2 N–H and O–H groups in total. The fourth-order valence-electron chi connectivity index (χ4n) is 2.64. The first-order valence-electron chi connectivity index (χ1n) is 7.58. The number of hydrogen-bond donors (Lipinski definition) is 2. The molecule has 1 aliphatic carbocycles. The Hall–Kier alpha value is -2.24. The largest absolute Gasteiger partial charge is 0.335 e. The normalized spacial score (nSPS) is 15.2. The Bertz CT molecular complexity index is 592. The van der Waals surface area contributed by atoms with Crippen molar-refractivity contribution in [1.29, 1.82) is 0 Å². The van der Waals surface area contributed by atoms with E-state index in [4.69, 9.17) is 0 Å². The van der Waals surface area contributed by atoms with Gasteiger partial charge in [-0.1, -0.05) is 19.3 Å². The predicted molar refractivity (Wildman–Crippen MR) is 81.8 cm³/mol. The van der Waals surface area contributed by atoms with E-state index in [0.29, 0.717) is 17.0 Å². The van der Waals surface area contributed by atoms with Crippen LogP contribution in [0.5, 0.6) is 0 Å². The molecule has 6 heteroatoms. The summed E-state index contributed by atoms with van der Waals surface area (Å²) >= 11 is 0. The van der Waals surface area contributed by atoms with Crippen molar-refractivity contribution in [2.45, 2.75) is 52.0 Å². The Labute approximate surface area is 129 Å². The van der Waals surface area contributed by atoms with Crippen LogP contribution in [0.1, 0.15) is 65.6 Å². The molecule has 0 aliphatic heterocycles. The molecule has 118 valence electrons. The van der Waals surface area contributed by atoms with Gasteiger partial charge in [-0.3, -0.25) is 14.9 Å². The van der Waals surface area contributed by atoms with E-state index < -0.39 is 11.9 Å². The van der Waals surface area contributed by atoms with Crippen LogP contribution in [0.15, 0.2) is 12.1 Å². The average molecular weight is 303 g/mol. The van der Waals surface area contributed by atoms with Crippen molar-refractivity contribution in [2.24, 2.45) is 0 Å². The van der Waals surface area contributed by atoms with Crippen LogP contribution >= 0.6 is 0 Å². The molecule has 1 fully saturated rings. The summed E-state index contributed by atoms with van der Waals surface area (Å²) in [5, 5.41) is 5.14. The van der Waals surface area contributed by atoms with E-state index >= 15 is 0 Å². The number of aromatic nitrogens is 1. The quantitative estimate of drug-likeness (QED) is 0.839. The molecule has 1 aromatic heterocycles. The average Bonchev–Trinajstić information content (AvgIpc) is 2.47. The minimum atomic E-state index is -0.506. The van der Waals surface area contributed by atoms with Gasteiger partial charge in [0, 0.05) is 13.0 Å². The molecule has 0 saturated heterocycles. The van der Waals surface area contributed by atoms with Gasteiger partial charge in [-0.15, -0.1) is 0 Å². The Morgan fingerprint density at radius 3 is 2.41 bits per heavy atom. The van der Waals surface area contributed by atoms with Gasteiger partial charge in [0.15, 0.2) is 5.78 Å². The maximum atomic E-state index is 12.1. The Kier molecular flexibility index (Phi) is 5.25. The molecular formula is C16H21N3O3. The topological polar surface area (TPSA) is 88.2 Å². The lowest BCUT2D eigenvalue weighted by Crippen LogP contribution is -2.45. The third kappa shape index (κ3) is 4.13. The van der Waals surface area contributed by atoms with E-state index in [1.165, 1.54) is 25.5 Å². The third-order valence-electron chi connectivity index (χ3n) is 3.86. The summed E-state index contributed by atoms with van der Waals surface area (Å²) in [5.41, 5.74) is 1.03. The van der Waals surface area contributed by atoms with Crippen molar-refractivity contribution < 1.29 is 14.4 Å². The number of hydrogen-bond acceptors (Lipinski definition) is 4. The molecule has 2 rings (SSSR count). The number of rotatable bonds is 3. The SMILES string of the molecule is CC(=O)c1ccc(C(=O)NC(=O)NC2CCCCC2)c(C)n1. The van der Waals surface area contributed by atoms with Gasteiger partial charge in [-0.25, -0.2) is 9.78 Å². The molecule has 1 heterocycles. The molecule has 6 nitrogen and oxygen atoms in total. The predicted octanol–water partition coefficient (Wildman–Crippen LogP) is 2.36. The van der Waals surface area contributed by atoms with Crippen LogP contribution in [0.4, 0.5) is 4.79 Å². The molecule has 0 atom stereocenters. The van der Waals surface area contributed by atoms with Crippen molar-refractivity contribution in [3.05, 3.63) is 29.1 Å². The minimum Gasteiger partial charge on any atom is -0.335 e. The van der Waals surface area contributed by atoms with E-state index in [1.807, 2.05) is 0 Å². The minimum absolute atomic E-state index is 0.140. The van der Waals surface area contributed by atoms with Gasteiger partial charge < -0.3 is 5.32 Å². The second-order valence-corrected chi connectivity index (χ2v) is 5.65. The first kappa shape index (κ1) is 16.1. The van der Waals surface area contributed by atoms with Crippen molar-refractivity contribution >= 4 is 17.7 Å². The van der Waals surface area contributed by atoms with Crippen molar-refractivity contribution in [3.8, 4) is 0 Å². The molecule has 1 aliphatic rings. The van der Waals surface area contributed by atoms with Gasteiger partial charge in [0.1, 0.15) is 5.69 Å². The van der Waals surface area contributed by atoms with Gasteiger partial charge in [0.2, 0.25) is 0 Å². The maximum absolute atomic E-state index is 12.1. The molecule has 0 radical (unpaired) electrons. The van der Waals surface area contributed by atoms with Crippen LogP contribution in [0.25, 0.3) is 0 Å². The van der Waals surface area contributed by atoms with E-state index in [-0.39, 0.29) is 11.8 Å². The van der Waals surface area contributed by atoms with Crippen molar-refractivity contribution in [1.82, 2.24) is 15.6 Å². The van der Waals surface area contributed by atoms with E-state index in [0.717, 1.165) is 25.7 Å².